The van der Waals surface area contributed by atoms with E-state index >= 15 is 0 Å². The van der Waals surface area contributed by atoms with E-state index in [1.807, 2.05) is 6.07 Å². The van der Waals surface area contributed by atoms with Crippen LogP contribution < -0.4 is 5.14 Å². The van der Waals surface area contributed by atoms with Gasteiger partial charge in [0, 0.05) is 11.8 Å². The van der Waals surface area contributed by atoms with Crippen LogP contribution in [0.5, 0.6) is 0 Å². The zero-order chi connectivity index (χ0) is 14.3. The fourth-order valence-electron chi connectivity index (χ4n) is 1.70. The topological polar surface area (TPSA) is 98.2 Å². The van der Waals surface area contributed by atoms with Crippen molar-refractivity contribution in [2.24, 2.45) is 5.14 Å². The number of primary sulfonamides is 1. The van der Waals surface area contributed by atoms with Gasteiger partial charge in [-0.15, -0.1) is 0 Å². The van der Waals surface area contributed by atoms with Gasteiger partial charge in [-0.1, -0.05) is 18.2 Å². The number of aliphatic hydroxyl groups is 1. The molecule has 0 saturated heterocycles. The smallest absolute Gasteiger partial charge is 0.257 e. The van der Waals surface area contributed by atoms with Gasteiger partial charge >= 0.3 is 0 Å². The molecule has 0 aliphatic carbocycles. The van der Waals surface area contributed by atoms with E-state index in [-0.39, 0.29) is 10.6 Å². The van der Waals surface area contributed by atoms with Gasteiger partial charge in [0.2, 0.25) is 0 Å². The average Bonchev–Trinajstić information content (AvgIpc) is 2.74. The first-order valence-corrected chi connectivity index (χ1v) is 7.15. The minimum Gasteiger partial charge on any atom is -0.386 e. The average molecular weight is 281 g/mol. The molecule has 0 amide bonds. The minimum atomic E-state index is -4.00. The van der Waals surface area contributed by atoms with Gasteiger partial charge in [0.05, 0.1) is 11.3 Å². The summed E-state index contributed by atoms with van der Waals surface area (Å²) in [6.45, 7) is 2.96. The van der Waals surface area contributed by atoms with Crippen molar-refractivity contribution >= 4 is 10.0 Å². The van der Waals surface area contributed by atoms with E-state index in [0.29, 0.717) is 5.69 Å². The van der Waals surface area contributed by atoms with E-state index in [0.717, 1.165) is 0 Å². The highest BCUT2D eigenvalue weighted by Crippen LogP contribution is 2.26. The van der Waals surface area contributed by atoms with E-state index in [4.69, 9.17) is 5.14 Å². The first kappa shape index (κ1) is 13.7. The van der Waals surface area contributed by atoms with Gasteiger partial charge in [0.1, 0.15) is 0 Å². The summed E-state index contributed by atoms with van der Waals surface area (Å²) in [5, 5.41) is 18.8. The number of aromatic nitrogens is 2. The van der Waals surface area contributed by atoms with Crippen LogP contribution in [0.3, 0.4) is 0 Å². The quantitative estimate of drug-likeness (QED) is 0.867. The Balaban J connectivity index is 2.66. The molecule has 0 unspecified atom stereocenters. The van der Waals surface area contributed by atoms with E-state index in [1.165, 1.54) is 24.7 Å². The summed E-state index contributed by atoms with van der Waals surface area (Å²) in [4.78, 5) is 0. The van der Waals surface area contributed by atoms with Crippen LogP contribution in [0.2, 0.25) is 0 Å². The predicted octanol–water partition coefficient (Wildman–Crippen LogP) is 0.747. The molecular formula is C12H15N3O3S. The van der Waals surface area contributed by atoms with Crippen molar-refractivity contribution in [2.75, 3.05) is 0 Å². The highest BCUT2D eigenvalue weighted by Gasteiger charge is 2.29. The highest BCUT2D eigenvalue weighted by atomic mass is 32.2. The fourth-order valence-corrected chi connectivity index (χ4v) is 2.51. The molecule has 0 radical (unpaired) electrons. The summed E-state index contributed by atoms with van der Waals surface area (Å²) in [6, 6.07) is 8.99. The molecule has 0 atom stereocenters. The second-order valence-corrected chi connectivity index (χ2v) is 6.21. The molecule has 0 saturated carbocycles. The van der Waals surface area contributed by atoms with Crippen molar-refractivity contribution in [2.45, 2.75) is 24.5 Å². The van der Waals surface area contributed by atoms with E-state index in [1.54, 1.807) is 24.3 Å². The maximum Gasteiger partial charge on any atom is 0.257 e. The molecule has 0 fully saturated rings. The van der Waals surface area contributed by atoms with Crippen LogP contribution in [0.25, 0.3) is 5.69 Å². The summed E-state index contributed by atoms with van der Waals surface area (Å²) in [6.07, 6.45) is 1.47. The lowest BCUT2D eigenvalue weighted by atomic mass is 10.0. The van der Waals surface area contributed by atoms with Crippen molar-refractivity contribution in [3.63, 3.8) is 0 Å². The van der Waals surface area contributed by atoms with Gasteiger partial charge in [-0.25, -0.2) is 18.2 Å². The first-order valence-electron chi connectivity index (χ1n) is 5.60. The summed E-state index contributed by atoms with van der Waals surface area (Å²) in [5.41, 5.74) is -0.504. The zero-order valence-corrected chi connectivity index (χ0v) is 11.4. The van der Waals surface area contributed by atoms with Gasteiger partial charge in [0.25, 0.3) is 10.0 Å². The summed E-state index contributed by atoms with van der Waals surface area (Å²) < 4.78 is 24.5. The van der Waals surface area contributed by atoms with Crippen LogP contribution in [0.4, 0.5) is 0 Å². The third-order valence-electron chi connectivity index (χ3n) is 2.63. The Bertz CT molecular complexity index is 685. The fraction of sp³-hybridized carbons (Fsp3) is 0.250. The summed E-state index contributed by atoms with van der Waals surface area (Å²) in [5.74, 6) is 0. The van der Waals surface area contributed by atoms with Crippen LogP contribution in [0.15, 0.2) is 41.6 Å². The summed E-state index contributed by atoms with van der Waals surface area (Å²) in [7, 11) is -4.00. The lowest BCUT2D eigenvalue weighted by molar-refractivity contribution is 0.0755. The number of sulfonamides is 1. The second-order valence-electron chi connectivity index (χ2n) is 4.73. The molecule has 19 heavy (non-hydrogen) atoms. The molecular weight excluding hydrogens is 266 g/mol. The number of para-hydroxylation sites is 1. The second kappa shape index (κ2) is 4.44. The molecule has 6 nitrogen and oxygen atoms in total. The number of rotatable bonds is 3. The predicted molar refractivity (Wildman–Crippen MR) is 70.2 cm³/mol. The maximum absolute atomic E-state index is 11.5. The molecule has 0 aliphatic rings. The highest BCUT2D eigenvalue weighted by molar-refractivity contribution is 7.89. The van der Waals surface area contributed by atoms with Crippen LogP contribution in [0, 0.1) is 0 Å². The molecule has 0 bridgehead atoms. The molecule has 1 aromatic carbocycles. The number of nitrogens with two attached hydrogens (primary N) is 1. The van der Waals surface area contributed by atoms with E-state index in [9.17, 15) is 13.5 Å². The van der Waals surface area contributed by atoms with Crippen molar-refractivity contribution in [3.05, 3.63) is 42.1 Å². The molecule has 2 rings (SSSR count). The van der Waals surface area contributed by atoms with Crippen molar-refractivity contribution < 1.29 is 13.5 Å². The van der Waals surface area contributed by atoms with Crippen LogP contribution in [-0.2, 0) is 15.6 Å². The number of hydrogen-bond acceptors (Lipinski definition) is 4. The standard InChI is InChI=1S/C12H15N3O3S/c1-12(2,16)10-8-15(9-6-4-3-5-7-9)14-11(10)19(13,17)18/h3-8,16H,1-2H3,(H2,13,17,18). The van der Waals surface area contributed by atoms with Gasteiger partial charge < -0.3 is 5.11 Å². The Labute approximate surface area is 111 Å². The maximum atomic E-state index is 11.5. The SMILES string of the molecule is CC(C)(O)c1cn(-c2ccccc2)nc1S(N)(=O)=O. The minimum absolute atomic E-state index is 0.166. The van der Waals surface area contributed by atoms with Crippen LogP contribution in [0.1, 0.15) is 19.4 Å². The van der Waals surface area contributed by atoms with Gasteiger partial charge in [-0.3, -0.25) is 0 Å². The Morgan fingerprint density at radius 1 is 1.26 bits per heavy atom. The van der Waals surface area contributed by atoms with Crippen molar-refractivity contribution in [1.29, 1.82) is 0 Å². The molecule has 7 heteroatoms. The number of benzene rings is 1. The Hall–Kier alpha value is -1.70. The molecule has 102 valence electrons. The van der Waals surface area contributed by atoms with Gasteiger partial charge in [0.15, 0.2) is 5.03 Å². The Morgan fingerprint density at radius 3 is 2.26 bits per heavy atom. The third kappa shape index (κ3) is 2.83. The molecule has 3 N–H and O–H groups in total. The molecule has 1 aromatic heterocycles. The van der Waals surface area contributed by atoms with Crippen molar-refractivity contribution in [1.82, 2.24) is 9.78 Å². The normalized spacial score (nSPS) is 12.6. The molecule has 0 aliphatic heterocycles. The van der Waals surface area contributed by atoms with Crippen LogP contribution >= 0.6 is 0 Å². The van der Waals surface area contributed by atoms with Crippen LogP contribution in [-0.4, -0.2) is 23.3 Å². The zero-order valence-electron chi connectivity index (χ0n) is 10.6. The molecule has 1 heterocycles. The van der Waals surface area contributed by atoms with E-state index in [2.05, 4.69) is 5.10 Å². The molecule has 2 aromatic rings. The number of nitrogens with zero attached hydrogens (tertiary/aromatic N) is 2. The van der Waals surface area contributed by atoms with E-state index < -0.39 is 15.6 Å². The summed E-state index contributed by atoms with van der Waals surface area (Å²) >= 11 is 0. The van der Waals surface area contributed by atoms with Gasteiger partial charge in [-0.2, -0.15) is 5.10 Å². The third-order valence-corrected chi connectivity index (χ3v) is 3.47. The monoisotopic (exact) mass is 281 g/mol. The largest absolute Gasteiger partial charge is 0.386 e. The molecule has 0 spiro atoms. The Kier molecular flexibility index (Phi) is 3.21. The Morgan fingerprint density at radius 2 is 1.84 bits per heavy atom. The lowest BCUT2D eigenvalue weighted by Crippen LogP contribution is -2.22. The lowest BCUT2D eigenvalue weighted by Gasteiger charge is -2.15. The van der Waals surface area contributed by atoms with Crippen molar-refractivity contribution in [3.8, 4) is 5.69 Å². The number of hydrogen-bond donors (Lipinski definition) is 2. The first-order chi connectivity index (χ1) is 8.69. The van der Waals surface area contributed by atoms with Gasteiger partial charge in [-0.05, 0) is 26.0 Å².